The largest absolute Gasteiger partial charge is 0.374 e. The van der Waals surface area contributed by atoms with Gasteiger partial charge in [0, 0.05) is 11.4 Å². The van der Waals surface area contributed by atoms with Crippen molar-refractivity contribution in [1.82, 2.24) is 9.59 Å². The van der Waals surface area contributed by atoms with Crippen molar-refractivity contribution in [2.24, 2.45) is 0 Å². The third-order valence-electron chi connectivity index (χ3n) is 2.22. The van der Waals surface area contributed by atoms with Crippen molar-refractivity contribution in [3.05, 3.63) is 45.0 Å². The van der Waals surface area contributed by atoms with E-state index in [1.807, 2.05) is 13.0 Å². The van der Waals surface area contributed by atoms with E-state index in [-0.39, 0.29) is 5.69 Å². The SMILES string of the molecule is Cc1ccc(NCc2csnn2)c([N+](=O)[O-])c1. The highest BCUT2D eigenvalue weighted by atomic mass is 32.1. The first-order valence-electron chi connectivity index (χ1n) is 4.91. The molecular formula is C10H10N4O2S. The Balaban J connectivity index is 2.17. The minimum absolute atomic E-state index is 0.0770. The quantitative estimate of drug-likeness (QED) is 0.665. The predicted octanol–water partition coefficient (Wildman–Crippen LogP) is 2.37. The van der Waals surface area contributed by atoms with Crippen LogP contribution in [-0.4, -0.2) is 14.5 Å². The number of nitrogens with one attached hydrogen (secondary N) is 1. The minimum Gasteiger partial charge on any atom is -0.374 e. The smallest absolute Gasteiger partial charge is 0.292 e. The molecule has 0 spiro atoms. The van der Waals surface area contributed by atoms with Gasteiger partial charge in [-0.05, 0) is 30.1 Å². The highest BCUT2D eigenvalue weighted by molar-refractivity contribution is 7.03. The summed E-state index contributed by atoms with van der Waals surface area (Å²) in [5.74, 6) is 0. The van der Waals surface area contributed by atoms with E-state index >= 15 is 0 Å². The summed E-state index contributed by atoms with van der Waals surface area (Å²) in [5.41, 5.74) is 2.20. The molecule has 0 aliphatic heterocycles. The van der Waals surface area contributed by atoms with Gasteiger partial charge in [-0.3, -0.25) is 10.1 Å². The van der Waals surface area contributed by atoms with E-state index in [2.05, 4.69) is 14.9 Å². The number of hydrogen-bond donors (Lipinski definition) is 1. The van der Waals surface area contributed by atoms with Gasteiger partial charge in [-0.1, -0.05) is 10.6 Å². The topological polar surface area (TPSA) is 81.0 Å². The zero-order chi connectivity index (χ0) is 12.3. The second-order valence-corrected chi connectivity index (χ2v) is 4.14. The van der Waals surface area contributed by atoms with Gasteiger partial charge in [0.2, 0.25) is 0 Å². The van der Waals surface area contributed by atoms with Gasteiger partial charge in [0.05, 0.1) is 17.2 Å². The van der Waals surface area contributed by atoms with Gasteiger partial charge >= 0.3 is 0 Å². The second kappa shape index (κ2) is 4.88. The van der Waals surface area contributed by atoms with Gasteiger partial charge in [0.1, 0.15) is 5.69 Å². The summed E-state index contributed by atoms with van der Waals surface area (Å²) in [5, 5.41) is 19.5. The number of aryl methyl sites for hydroxylation is 1. The summed E-state index contributed by atoms with van der Waals surface area (Å²) < 4.78 is 3.72. The van der Waals surface area contributed by atoms with Crippen LogP contribution in [-0.2, 0) is 6.54 Å². The lowest BCUT2D eigenvalue weighted by Crippen LogP contribution is -2.03. The molecule has 1 aromatic carbocycles. The van der Waals surface area contributed by atoms with Crippen molar-refractivity contribution in [3.8, 4) is 0 Å². The van der Waals surface area contributed by atoms with Crippen molar-refractivity contribution in [2.45, 2.75) is 13.5 Å². The van der Waals surface area contributed by atoms with E-state index in [9.17, 15) is 10.1 Å². The minimum atomic E-state index is -0.394. The normalized spacial score (nSPS) is 10.2. The van der Waals surface area contributed by atoms with Gasteiger partial charge in [-0.15, -0.1) is 5.10 Å². The van der Waals surface area contributed by atoms with Gasteiger partial charge in [-0.25, -0.2) is 0 Å². The zero-order valence-electron chi connectivity index (χ0n) is 9.08. The maximum Gasteiger partial charge on any atom is 0.292 e. The Morgan fingerprint density at radius 1 is 1.53 bits per heavy atom. The number of nitro benzene ring substituents is 1. The summed E-state index contributed by atoms with van der Waals surface area (Å²) in [4.78, 5) is 10.5. The van der Waals surface area contributed by atoms with E-state index in [1.165, 1.54) is 11.5 Å². The van der Waals surface area contributed by atoms with Crippen LogP contribution in [0.2, 0.25) is 0 Å². The average molecular weight is 250 g/mol. The first kappa shape index (κ1) is 11.5. The number of aromatic nitrogens is 2. The molecule has 0 saturated carbocycles. The first-order valence-corrected chi connectivity index (χ1v) is 5.75. The Morgan fingerprint density at radius 2 is 2.35 bits per heavy atom. The summed E-state index contributed by atoms with van der Waals surface area (Å²) in [6.45, 7) is 2.25. The standard InChI is InChI=1S/C10H10N4O2S/c1-7-2-3-9(10(4-7)14(15)16)11-5-8-6-17-13-12-8/h2-4,6,11H,5H2,1H3. The highest BCUT2D eigenvalue weighted by Gasteiger charge is 2.13. The fourth-order valence-electron chi connectivity index (χ4n) is 1.39. The van der Waals surface area contributed by atoms with E-state index in [1.54, 1.807) is 17.5 Å². The van der Waals surface area contributed by atoms with E-state index in [4.69, 9.17) is 0 Å². The molecule has 1 N–H and O–H groups in total. The van der Waals surface area contributed by atoms with Crippen molar-refractivity contribution in [1.29, 1.82) is 0 Å². The van der Waals surface area contributed by atoms with Crippen LogP contribution >= 0.6 is 11.5 Å². The van der Waals surface area contributed by atoms with Crippen LogP contribution in [0.1, 0.15) is 11.3 Å². The van der Waals surface area contributed by atoms with Crippen LogP contribution in [0.4, 0.5) is 11.4 Å². The predicted molar refractivity (Wildman–Crippen MR) is 65.1 cm³/mol. The van der Waals surface area contributed by atoms with Gasteiger partial charge < -0.3 is 5.32 Å². The third kappa shape index (κ3) is 2.76. The first-order chi connectivity index (χ1) is 8.16. The molecule has 0 atom stereocenters. The highest BCUT2D eigenvalue weighted by Crippen LogP contribution is 2.25. The van der Waals surface area contributed by atoms with Gasteiger partial charge in [-0.2, -0.15) is 0 Å². The molecule has 0 unspecified atom stereocenters. The number of anilines is 1. The number of benzene rings is 1. The number of hydrogen-bond acceptors (Lipinski definition) is 6. The van der Waals surface area contributed by atoms with Crippen molar-refractivity contribution in [2.75, 3.05) is 5.32 Å². The molecule has 0 bridgehead atoms. The fourth-order valence-corrected chi connectivity index (χ4v) is 1.84. The molecule has 2 rings (SSSR count). The molecular weight excluding hydrogens is 240 g/mol. The molecule has 17 heavy (non-hydrogen) atoms. The Morgan fingerprint density at radius 3 is 3.00 bits per heavy atom. The molecule has 0 aliphatic rings. The monoisotopic (exact) mass is 250 g/mol. The number of nitro groups is 1. The molecule has 0 aliphatic carbocycles. The molecule has 0 saturated heterocycles. The molecule has 0 amide bonds. The van der Waals surface area contributed by atoms with Crippen LogP contribution < -0.4 is 5.32 Å². The average Bonchev–Trinajstić information content (AvgIpc) is 2.80. The van der Waals surface area contributed by atoms with Gasteiger partial charge in [0.15, 0.2) is 0 Å². The summed E-state index contributed by atoms with van der Waals surface area (Å²) >= 11 is 1.25. The van der Waals surface area contributed by atoms with Crippen LogP contribution in [0, 0.1) is 17.0 Å². The molecule has 0 fully saturated rings. The van der Waals surface area contributed by atoms with E-state index < -0.39 is 4.92 Å². The van der Waals surface area contributed by atoms with Crippen LogP contribution in [0.5, 0.6) is 0 Å². The molecule has 0 radical (unpaired) electrons. The van der Waals surface area contributed by atoms with E-state index in [0.29, 0.717) is 12.2 Å². The summed E-state index contributed by atoms with van der Waals surface area (Å²) in [7, 11) is 0. The Hall–Kier alpha value is -2.02. The Bertz CT molecular complexity index is 527. The lowest BCUT2D eigenvalue weighted by Gasteiger charge is -2.05. The lowest BCUT2D eigenvalue weighted by atomic mass is 10.2. The van der Waals surface area contributed by atoms with Crippen LogP contribution in [0.3, 0.4) is 0 Å². The summed E-state index contributed by atoms with van der Waals surface area (Å²) in [6.07, 6.45) is 0. The van der Waals surface area contributed by atoms with Crippen LogP contribution in [0.15, 0.2) is 23.6 Å². The van der Waals surface area contributed by atoms with Crippen LogP contribution in [0.25, 0.3) is 0 Å². The van der Waals surface area contributed by atoms with Crippen molar-refractivity contribution < 1.29 is 4.92 Å². The maximum absolute atomic E-state index is 10.9. The summed E-state index contributed by atoms with van der Waals surface area (Å²) in [6, 6.07) is 5.07. The third-order valence-corrected chi connectivity index (χ3v) is 2.77. The zero-order valence-corrected chi connectivity index (χ0v) is 9.90. The Labute approximate surface area is 102 Å². The fraction of sp³-hybridized carbons (Fsp3) is 0.200. The Kier molecular flexibility index (Phi) is 3.29. The molecule has 7 heteroatoms. The molecule has 2 aromatic rings. The molecule has 1 aromatic heterocycles. The van der Waals surface area contributed by atoms with Gasteiger partial charge in [0.25, 0.3) is 5.69 Å². The number of nitrogens with zero attached hydrogens (tertiary/aromatic N) is 3. The second-order valence-electron chi connectivity index (χ2n) is 3.53. The molecule has 1 heterocycles. The van der Waals surface area contributed by atoms with Crippen molar-refractivity contribution >= 4 is 22.9 Å². The van der Waals surface area contributed by atoms with E-state index in [0.717, 1.165) is 11.3 Å². The molecule has 6 nitrogen and oxygen atoms in total. The maximum atomic E-state index is 10.9. The number of rotatable bonds is 4. The lowest BCUT2D eigenvalue weighted by molar-refractivity contribution is -0.384. The molecule has 88 valence electrons. The van der Waals surface area contributed by atoms with Crippen molar-refractivity contribution in [3.63, 3.8) is 0 Å².